The number of hydrogen-bond donors (Lipinski definition) is 1. The van der Waals surface area contributed by atoms with Gasteiger partial charge < -0.3 is 5.32 Å². The van der Waals surface area contributed by atoms with Crippen molar-refractivity contribution in [3.05, 3.63) is 0 Å². The van der Waals surface area contributed by atoms with Crippen molar-refractivity contribution in [2.45, 2.75) is 13.8 Å². The number of rotatable bonds is 3. The molecule has 0 aliphatic rings. The lowest BCUT2D eigenvalue weighted by Gasteiger charge is -2.20. The number of nitrogens with one attached hydrogen (secondary N) is 1. The molecule has 0 aromatic heterocycles. The van der Waals surface area contributed by atoms with Gasteiger partial charge in [-0.3, -0.25) is 4.84 Å². The normalized spacial score (nSPS) is 9.10. The topological polar surface area (TPSA) is 24.5 Å². The van der Waals surface area contributed by atoms with Crippen LogP contribution in [-0.2, 0) is 4.84 Å². The molecule has 1 N–H and O–H groups in total. The smallest absolute Gasteiger partial charge is 0.193 e. The molecule has 0 aliphatic heterocycles. The average molecular weight is 162 g/mol. The lowest BCUT2D eigenvalue weighted by atomic mass is 10.7. The van der Waals surface area contributed by atoms with E-state index in [1.807, 2.05) is 13.8 Å². The van der Waals surface area contributed by atoms with Crippen LogP contribution in [0, 0.1) is 0 Å². The van der Waals surface area contributed by atoms with E-state index in [1.54, 1.807) is 12.2 Å². The monoisotopic (exact) mass is 162 g/mol. The Labute approximate surface area is 67.3 Å². The number of hydrogen-bond acceptors (Lipinski definition) is 2. The summed E-state index contributed by atoms with van der Waals surface area (Å²) >= 11 is 4.96. The average Bonchev–Trinajstić information content (AvgIpc) is 1.91. The fraction of sp³-hybridized carbons (Fsp3) is 0.833. The van der Waals surface area contributed by atoms with Gasteiger partial charge in [0.15, 0.2) is 5.11 Å². The van der Waals surface area contributed by atoms with Crippen LogP contribution in [0.3, 0.4) is 0 Å². The molecule has 0 saturated carbocycles. The van der Waals surface area contributed by atoms with Gasteiger partial charge in [0.1, 0.15) is 0 Å². The zero-order valence-corrected chi connectivity index (χ0v) is 7.49. The van der Waals surface area contributed by atoms with Crippen LogP contribution in [0.2, 0.25) is 0 Å². The van der Waals surface area contributed by atoms with E-state index in [4.69, 9.17) is 17.1 Å². The summed E-state index contributed by atoms with van der Waals surface area (Å²) in [4.78, 5) is 4.94. The Balaban J connectivity index is 3.65. The van der Waals surface area contributed by atoms with Gasteiger partial charge >= 0.3 is 0 Å². The molecule has 0 radical (unpaired) electrons. The van der Waals surface area contributed by atoms with Gasteiger partial charge in [-0.25, -0.2) is 5.06 Å². The van der Waals surface area contributed by atoms with Crippen molar-refractivity contribution < 1.29 is 4.84 Å². The highest BCUT2D eigenvalue weighted by atomic mass is 32.1. The van der Waals surface area contributed by atoms with Crippen molar-refractivity contribution in [1.82, 2.24) is 10.4 Å². The molecule has 0 aliphatic carbocycles. The molecule has 0 saturated heterocycles. The van der Waals surface area contributed by atoms with Crippen molar-refractivity contribution in [2.24, 2.45) is 0 Å². The maximum absolute atomic E-state index is 4.96. The first kappa shape index (κ1) is 9.65. The van der Waals surface area contributed by atoms with Crippen molar-refractivity contribution in [3.63, 3.8) is 0 Å². The third-order valence-corrected chi connectivity index (χ3v) is 1.41. The molecule has 0 spiro atoms. The minimum absolute atomic E-state index is 0.646. The van der Waals surface area contributed by atoms with E-state index in [0.717, 1.165) is 13.1 Å². The van der Waals surface area contributed by atoms with Crippen LogP contribution in [0.25, 0.3) is 0 Å². The van der Waals surface area contributed by atoms with Crippen LogP contribution in [-0.4, -0.2) is 30.4 Å². The Morgan fingerprint density at radius 2 is 2.20 bits per heavy atom. The van der Waals surface area contributed by atoms with E-state index in [9.17, 15) is 0 Å². The summed E-state index contributed by atoms with van der Waals surface area (Å²) in [7, 11) is 1.60. The summed E-state index contributed by atoms with van der Waals surface area (Å²) in [6, 6.07) is 0. The van der Waals surface area contributed by atoms with E-state index < -0.39 is 0 Å². The predicted molar refractivity (Wildman–Crippen MR) is 45.7 cm³/mol. The zero-order chi connectivity index (χ0) is 7.98. The van der Waals surface area contributed by atoms with Gasteiger partial charge in [-0.15, -0.1) is 0 Å². The lowest BCUT2D eigenvalue weighted by molar-refractivity contribution is -0.0609. The number of nitrogens with zero attached hydrogens (tertiary/aromatic N) is 1. The first-order valence-corrected chi connectivity index (χ1v) is 3.76. The maximum atomic E-state index is 4.96. The Bertz CT molecular complexity index is 104. The van der Waals surface area contributed by atoms with Crippen LogP contribution in [0.1, 0.15) is 13.8 Å². The summed E-state index contributed by atoms with van der Waals surface area (Å²) in [5.41, 5.74) is 0. The van der Waals surface area contributed by atoms with Gasteiger partial charge in [0.2, 0.25) is 0 Å². The molecule has 0 bridgehead atoms. The van der Waals surface area contributed by atoms with Crippen molar-refractivity contribution in [3.8, 4) is 0 Å². The third-order valence-electron chi connectivity index (χ3n) is 1.06. The summed E-state index contributed by atoms with van der Waals surface area (Å²) in [6.07, 6.45) is 0. The molecule has 3 nitrogen and oxygen atoms in total. The summed E-state index contributed by atoms with van der Waals surface area (Å²) in [6.45, 7) is 5.57. The van der Waals surface area contributed by atoms with Crippen molar-refractivity contribution in [2.75, 3.05) is 20.2 Å². The van der Waals surface area contributed by atoms with E-state index >= 15 is 0 Å². The predicted octanol–water partition coefficient (Wildman–Crippen LogP) is 0.764. The largest absolute Gasteiger partial charge is 0.361 e. The first-order valence-electron chi connectivity index (χ1n) is 3.35. The molecule has 60 valence electrons. The molecule has 0 atom stereocenters. The van der Waals surface area contributed by atoms with E-state index in [2.05, 4.69) is 5.32 Å². The molecular weight excluding hydrogens is 148 g/mol. The van der Waals surface area contributed by atoms with Crippen LogP contribution in [0.15, 0.2) is 0 Å². The SMILES string of the molecule is CCNC(=S)N(CC)OC. The molecule has 10 heavy (non-hydrogen) atoms. The van der Waals surface area contributed by atoms with Crippen LogP contribution in [0.5, 0.6) is 0 Å². The molecule has 0 unspecified atom stereocenters. The Morgan fingerprint density at radius 3 is 2.50 bits per heavy atom. The van der Waals surface area contributed by atoms with Gasteiger partial charge in [-0.1, -0.05) is 0 Å². The zero-order valence-electron chi connectivity index (χ0n) is 6.68. The third kappa shape index (κ3) is 2.98. The maximum Gasteiger partial charge on any atom is 0.193 e. The van der Waals surface area contributed by atoms with Crippen molar-refractivity contribution >= 4 is 17.3 Å². The second-order valence-electron chi connectivity index (χ2n) is 1.71. The molecule has 0 aromatic carbocycles. The number of thiocarbonyl (C=S) groups is 1. The van der Waals surface area contributed by atoms with E-state index in [-0.39, 0.29) is 0 Å². The minimum atomic E-state index is 0.646. The fourth-order valence-corrected chi connectivity index (χ4v) is 0.943. The summed E-state index contributed by atoms with van der Waals surface area (Å²) < 4.78 is 0. The molecule has 0 aromatic rings. The molecule has 4 heteroatoms. The molecule has 0 rings (SSSR count). The van der Waals surface area contributed by atoms with Gasteiger partial charge in [0.05, 0.1) is 7.11 Å². The minimum Gasteiger partial charge on any atom is -0.361 e. The lowest BCUT2D eigenvalue weighted by Crippen LogP contribution is -2.38. The standard InChI is InChI=1S/C6H14N2OS/c1-4-7-6(10)8(5-2)9-3/h4-5H2,1-3H3,(H,7,10). The second kappa shape index (κ2) is 5.44. The Hall–Kier alpha value is -0.350. The molecule has 0 amide bonds. The first-order chi connectivity index (χ1) is 4.76. The van der Waals surface area contributed by atoms with E-state index in [0.29, 0.717) is 5.11 Å². The molecule has 0 heterocycles. The number of hydroxylamine groups is 2. The van der Waals surface area contributed by atoms with Gasteiger partial charge in [0.25, 0.3) is 0 Å². The van der Waals surface area contributed by atoms with E-state index in [1.165, 1.54) is 0 Å². The highest BCUT2D eigenvalue weighted by Crippen LogP contribution is 1.87. The summed E-state index contributed by atoms with van der Waals surface area (Å²) in [5, 5.41) is 5.25. The Morgan fingerprint density at radius 1 is 1.60 bits per heavy atom. The summed E-state index contributed by atoms with van der Waals surface area (Å²) in [5.74, 6) is 0. The van der Waals surface area contributed by atoms with Crippen LogP contribution >= 0.6 is 12.2 Å². The highest BCUT2D eigenvalue weighted by molar-refractivity contribution is 7.80. The Kier molecular flexibility index (Phi) is 5.25. The van der Waals surface area contributed by atoms with Gasteiger partial charge in [0, 0.05) is 13.1 Å². The van der Waals surface area contributed by atoms with Gasteiger partial charge in [-0.2, -0.15) is 0 Å². The quantitative estimate of drug-likeness (QED) is 0.489. The fourth-order valence-electron chi connectivity index (χ4n) is 0.595. The second-order valence-corrected chi connectivity index (χ2v) is 2.10. The molecule has 0 fully saturated rings. The highest BCUT2D eigenvalue weighted by Gasteiger charge is 2.02. The van der Waals surface area contributed by atoms with Crippen LogP contribution < -0.4 is 5.32 Å². The van der Waals surface area contributed by atoms with Crippen molar-refractivity contribution in [1.29, 1.82) is 0 Å². The molecular formula is C6H14N2OS. The van der Waals surface area contributed by atoms with Crippen LogP contribution in [0.4, 0.5) is 0 Å². The van der Waals surface area contributed by atoms with Gasteiger partial charge in [-0.05, 0) is 26.1 Å².